The van der Waals surface area contributed by atoms with Gasteiger partial charge in [-0.2, -0.15) is 4.39 Å². The molecule has 0 N–H and O–H groups in total. The summed E-state index contributed by atoms with van der Waals surface area (Å²) in [5.41, 5.74) is 0.672. The van der Waals surface area contributed by atoms with Crippen molar-refractivity contribution in [2.24, 2.45) is 0 Å². The van der Waals surface area contributed by atoms with Crippen LogP contribution in [0.25, 0.3) is 0 Å². The predicted octanol–water partition coefficient (Wildman–Crippen LogP) is 3.62. The van der Waals surface area contributed by atoms with E-state index >= 15 is 0 Å². The fraction of sp³-hybridized carbons (Fsp3) is 0.0909. The lowest BCUT2D eigenvalue weighted by Crippen LogP contribution is -1.96. The SMILES string of the molecule is Cc1ccnc(Oc2cc(Br)cc(F)c2F)n1. The van der Waals surface area contributed by atoms with Gasteiger partial charge in [-0.05, 0) is 25.1 Å². The van der Waals surface area contributed by atoms with Crippen molar-refractivity contribution in [1.82, 2.24) is 9.97 Å². The van der Waals surface area contributed by atoms with Crippen molar-refractivity contribution in [3.05, 3.63) is 46.2 Å². The van der Waals surface area contributed by atoms with Gasteiger partial charge in [0.05, 0.1) is 0 Å². The number of aromatic nitrogens is 2. The Labute approximate surface area is 105 Å². The molecule has 3 nitrogen and oxygen atoms in total. The second-order valence-corrected chi connectivity index (χ2v) is 4.20. The highest BCUT2D eigenvalue weighted by molar-refractivity contribution is 9.10. The molecule has 0 radical (unpaired) electrons. The lowest BCUT2D eigenvalue weighted by Gasteiger charge is -2.06. The average molecular weight is 301 g/mol. The number of hydrogen-bond donors (Lipinski definition) is 0. The minimum Gasteiger partial charge on any atom is -0.421 e. The highest BCUT2D eigenvalue weighted by atomic mass is 79.9. The van der Waals surface area contributed by atoms with E-state index in [2.05, 4.69) is 25.9 Å². The number of rotatable bonds is 2. The summed E-state index contributed by atoms with van der Waals surface area (Å²) in [6.07, 6.45) is 1.48. The molecule has 1 aromatic heterocycles. The van der Waals surface area contributed by atoms with Gasteiger partial charge in [-0.15, -0.1) is 0 Å². The Morgan fingerprint density at radius 1 is 1.29 bits per heavy atom. The molecule has 0 aliphatic carbocycles. The van der Waals surface area contributed by atoms with E-state index in [1.54, 1.807) is 13.0 Å². The van der Waals surface area contributed by atoms with Crippen LogP contribution in [0.1, 0.15) is 5.69 Å². The van der Waals surface area contributed by atoms with Gasteiger partial charge in [0, 0.05) is 16.4 Å². The minimum absolute atomic E-state index is 0.0265. The number of hydrogen-bond acceptors (Lipinski definition) is 3. The van der Waals surface area contributed by atoms with Crippen LogP contribution in [0.15, 0.2) is 28.9 Å². The van der Waals surface area contributed by atoms with E-state index in [1.807, 2.05) is 0 Å². The molecule has 0 aliphatic rings. The van der Waals surface area contributed by atoms with Gasteiger partial charge in [-0.25, -0.2) is 14.4 Å². The van der Waals surface area contributed by atoms with Crippen molar-refractivity contribution in [2.75, 3.05) is 0 Å². The number of halogens is 3. The fourth-order valence-corrected chi connectivity index (χ4v) is 1.59. The zero-order valence-corrected chi connectivity index (χ0v) is 10.3. The molecular formula is C11H7BrF2N2O. The molecular weight excluding hydrogens is 294 g/mol. The first-order chi connectivity index (χ1) is 8.06. The number of aryl methyl sites for hydroxylation is 1. The third-order valence-corrected chi connectivity index (χ3v) is 2.39. The van der Waals surface area contributed by atoms with Crippen molar-refractivity contribution in [3.8, 4) is 11.8 Å². The maximum absolute atomic E-state index is 13.4. The van der Waals surface area contributed by atoms with E-state index in [9.17, 15) is 8.78 Å². The highest BCUT2D eigenvalue weighted by Crippen LogP contribution is 2.27. The number of nitrogens with zero attached hydrogens (tertiary/aromatic N) is 2. The van der Waals surface area contributed by atoms with Crippen LogP contribution in [0.5, 0.6) is 11.8 Å². The minimum atomic E-state index is -1.07. The van der Waals surface area contributed by atoms with E-state index in [0.29, 0.717) is 10.2 Å². The standard InChI is InChI=1S/C11H7BrF2N2O/c1-6-2-3-15-11(16-6)17-9-5-7(12)4-8(13)10(9)14/h2-5H,1H3. The van der Waals surface area contributed by atoms with Crippen LogP contribution in [0.4, 0.5) is 8.78 Å². The van der Waals surface area contributed by atoms with Crippen LogP contribution >= 0.6 is 15.9 Å². The number of benzene rings is 1. The molecule has 6 heteroatoms. The van der Waals surface area contributed by atoms with Crippen LogP contribution in [-0.2, 0) is 0 Å². The lowest BCUT2D eigenvalue weighted by molar-refractivity contribution is 0.391. The second-order valence-electron chi connectivity index (χ2n) is 3.28. The fourth-order valence-electron chi connectivity index (χ4n) is 1.18. The van der Waals surface area contributed by atoms with Gasteiger partial charge < -0.3 is 4.74 Å². The molecule has 1 heterocycles. The van der Waals surface area contributed by atoms with Crippen molar-refractivity contribution in [3.63, 3.8) is 0 Å². The topological polar surface area (TPSA) is 35.0 Å². The van der Waals surface area contributed by atoms with Crippen molar-refractivity contribution < 1.29 is 13.5 Å². The van der Waals surface area contributed by atoms with Gasteiger partial charge in [-0.1, -0.05) is 15.9 Å². The Morgan fingerprint density at radius 3 is 2.76 bits per heavy atom. The van der Waals surface area contributed by atoms with Crippen molar-refractivity contribution in [1.29, 1.82) is 0 Å². The normalized spacial score (nSPS) is 10.4. The van der Waals surface area contributed by atoms with E-state index < -0.39 is 11.6 Å². The molecule has 0 fully saturated rings. The largest absolute Gasteiger partial charge is 0.421 e. The molecule has 0 unspecified atom stereocenters. The van der Waals surface area contributed by atoms with E-state index in [1.165, 1.54) is 12.3 Å². The monoisotopic (exact) mass is 300 g/mol. The van der Waals surface area contributed by atoms with Crippen molar-refractivity contribution >= 4 is 15.9 Å². The van der Waals surface area contributed by atoms with E-state index in [4.69, 9.17) is 4.74 Å². The summed E-state index contributed by atoms with van der Waals surface area (Å²) in [5.74, 6) is -2.33. The summed E-state index contributed by atoms with van der Waals surface area (Å²) < 4.78 is 31.9. The molecule has 0 spiro atoms. The Hall–Kier alpha value is -1.56. The van der Waals surface area contributed by atoms with Crippen LogP contribution in [-0.4, -0.2) is 9.97 Å². The molecule has 0 amide bonds. The van der Waals surface area contributed by atoms with Gasteiger partial charge in [0.1, 0.15) is 0 Å². The maximum Gasteiger partial charge on any atom is 0.322 e. The lowest BCUT2D eigenvalue weighted by atomic mass is 10.3. The van der Waals surface area contributed by atoms with Crippen LogP contribution in [0, 0.1) is 18.6 Å². The molecule has 0 aliphatic heterocycles. The third kappa shape index (κ3) is 2.76. The van der Waals surface area contributed by atoms with Crippen LogP contribution in [0.3, 0.4) is 0 Å². The second kappa shape index (κ2) is 4.75. The Morgan fingerprint density at radius 2 is 2.06 bits per heavy atom. The Kier molecular flexibility index (Phi) is 3.33. The summed E-state index contributed by atoms with van der Waals surface area (Å²) in [6.45, 7) is 1.74. The molecule has 2 rings (SSSR count). The first-order valence-corrected chi connectivity index (χ1v) is 5.47. The van der Waals surface area contributed by atoms with E-state index in [-0.39, 0.29) is 11.8 Å². The first-order valence-electron chi connectivity index (χ1n) is 4.68. The molecule has 0 atom stereocenters. The highest BCUT2D eigenvalue weighted by Gasteiger charge is 2.13. The van der Waals surface area contributed by atoms with Crippen molar-refractivity contribution in [2.45, 2.75) is 6.92 Å². The molecule has 0 saturated carbocycles. The van der Waals surface area contributed by atoms with Crippen LogP contribution < -0.4 is 4.74 Å². The smallest absolute Gasteiger partial charge is 0.322 e. The van der Waals surface area contributed by atoms with Gasteiger partial charge in [0.15, 0.2) is 11.6 Å². The Balaban J connectivity index is 2.36. The number of ether oxygens (including phenoxy) is 1. The molecule has 0 saturated heterocycles. The summed E-state index contributed by atoms with van der Waals surface area (Å²) >= 11 is 3.05. The van der Waals surface area contributed by atoms with Gasteiger partial charge >= 0.3 is 6.01 Å². The Bertz CT molecular complexity index is 563. The maximum atomic E-state index is 13.4. The quantitative estimate of drug-likeness (QED) is 0.795. The molecule has 88 valence electrons. The average Bonchev–Trinajstić information content (AvgIpc) is 2.25. The van der Waals surface area contributed by atoms with Gasteiger partial charge in [-0.3, -0.25) is 0 Å². The predicted molar refractivity (Wildman–Crippen MR) is 60.9 cm³/mol. The third-order valence-electron chi connectivity index (χ3n) is 1.93. The molecule has 17 heavy (non-hydrogen) atoms. The van der Waals surface area contributed by atoms with E-state index in [0.717, 1.165) is 6.07 Å². The first kappa shape index (κ1) is 11.9. The van der Waals surface area contributed by atoms with Gasteiger partial charge in [0.25, 0.3) is 0 Å². The molecule has 0 bridgehead atoms. The zero-order chi connectivity index (χ0) is 12.4. The molecule has 2 aromatic rings. The summed E-state index contributed by atoms with van der Waals surface area (Å²) in [6, 6.07) is 3.97. The zero-order valence-electron chi connectivity index (χ0n) is 8.75. The summed E-state index contributed by atoms with van der Waals surface area (Å²) in [4.78, 5) is 7.73. The van der Waals surface area contributed by atoms with Crippen LogP contribution in [0.2, 0.25) is 0 Å². The van der Waals surface area contributed by atoms with Gasteiger partial charge in [0.2, 0.25) is 5.82 Å². The summed E-state index contributed by atoms with van der Waals surface area (Å²) in [5, 5.41) is 0. The molecule has 1 aromatic carbocycles. The summed E-state index contributed by atoms with van der Waals surface area (Å²) in [7, 11) is 0.